The van der Waals surface area contributed by atoms with Gasteiger partial charge < -0.3 is 9.52 Å². The Morgan fingerprint density at radius 1 is 1.12 bits per heavy atom. The van der Waals surface area contributed by atoms with Gasteiger partial charge in [-0.15, -0.1) is 5.10 Å². The number of halogens is 4. The van der Waals surface area contributed by atoms with E-state index in [1.807, 2.05) is 0 Å². The van der Waals surface area contributed by atoms with Crippen LogP contribution in [-0.2, 0) is 12.1 Å². The van der Waals surface area contributed by atoms with Crippen LogP contribution in [0, 0.1) is 12.7 Å². The first-order valence-electron chi connectivity index (χ1n) is 10.1. The van der Waals surface area contributed by atoms with Gasteiger partial charge in [0.05, 0.1) is 12.2 Å². The third-order valence-electron chi connectivity index (χ3n) is 5.55. The number of aryl methyl sites for hydroxylation is 1. The van der Waals surface area contributed by atoms with Crippen molar-refractivity contribution >= 4 is 11.0 Å². The summed E-state index contributed by atoms with van der Waals surface area (Å²) in [5.74, 6) is -0.465. The van der Waals surface area contributed by atoms with Crippen LogP contribution in [0.25, 0.3) is 22.1 Å². The third-order valence-corrected chi connectivity index (χ3v) is 5.55. The van der Waals surface area contributed by atoms with E-state index >= 15 is 0 Å². The number of aliphatic hydroxyl groups is 1. The standard InChI is InChI=1S/C23H19F4N3O3/c1-3-22(32,23(25,26)27)21-13(2)28-29-30(21)12-14-7-8-17-18(11-20(31)33-19(17)9-14)15-5-4-6-16(24)10-15/h4-11,32H,3,12H2,1-2H3. The molecule has 0 bridgehead atoms. The first kappa shape index (κ1) is 22.7. The molecule has 0 aliphatic carbocycles. The van der Waals surface area contributed by atoms with Crippen molar-refractivity contribution in [1.82, 2.24) is 15.0 Å². The molecular weight excluding hydrogens is 442 g/mol. The average molecular weight is 461 g/mol. The summed E-state index contributed by atoms with van der Waals surface area (Å²) in [7, 11) is 0. The second kappa shape index (κ2) is 8.11. The molecule has 0 saturated carbocycles. The minimum Gasteiger partial charge on any atom is -0.423 e. The van der Waals surface area contributed by atoms with E-state index in [4.69, 9.17) is 4.42 Å². The van der Waals surface area contributed by atoms with Crippen LogP contribution in [0.15, 0.2) is 57.7 Å². The van der Waals surface area contributed by atoms with E-state index in [9.17, 15) is 27.5 Å². The van der Waals surface area contributed by atoms with Crippen LogP contribution in [0.1, 0.15) is 30.3 Å². The molecule has 0 saturated heterocycles. The van der Waals surface area contributed by atoms with Gasteiger partial charge in [-0.25, -0.2) is 13.9 Å². The van der Waals surface area contributed by atoms with Crippen molar-refractivity contribution in [3.63, 3.8) is 0 Å². The van der Waals surface area contributed by atoms with Crippen LogP contribution >= 0.6 is 0 Å². The van der Waals surface area contributed by atoms with Gasteiger partial charge in [0, 0.05) is 11.5 Å². The topological polar surface area (TPSA) is 81.2 Å². The van der Waals surface area contributed by atoms with Crippen LogP contribution < -0.4 is 5.63 Å². The Kier molecular flexibility index (Phi) is 5.57. The predicted molar refractivity (Wildman–Crippen MR) is 112 cm³/mol. The number of benzene rings is 2. The highest BCUT2D eigenvalue weighted by molar-refractivity contribution is 5.93. The van der Waals surface area contributed by atoms with Gasteiger partial charge in [0.1, 0.15) is 17.1 Å². The summed E-state index contributed by atoms with van der Waals surface area (Å²) in [6.45, 7) is 2.41. The van der Waals surface area contributed by atoms with Gasteiger partial charge in [-0.05, 0) is 48.2 Å². The molecule has 0 spiro atoms. The summed E-state index contributed by atoms with van der Waals surface area (Å²) in [5.41, 5.74) is -2.68. The molecule has 6 nitrogen and oxygen atoms in total. The fourth-order valence-corrected chi connectivity index (χ4v) is 3.90. The molecule has 2 aromatic carbocycles. The number of rotatable bonds is 5. The smallest absolute Gasteiger partial charge is 0.423 e. The van der Waals surface area contributed by atoms with Crippen molar-refractivity contribution in [3.05, 3.63) is 81.7 Å². The molecule has 10 heteroatoms. The van der Waals surface area contributed by atoms with E-state index in [0.29, 0.717) is 22.1 Å². The van der Waals surface area contributed by atoms with Gasteiger partial charge >= 0.3 is 11.8 Å². The summed E-state index contributed by atoms with van der Waals surface area (Å²) >= 11 is 0. The van der Waals surface area contributed by atoms with Crippen LogP contribution in [0.3, 0.4) is 0 Å². The maximum Gasteiger partial charge on any atom is 0.423 e. The Morgan fingerprint density at radius 3 is 2.55 bits per heavy atom. The maximum atomic E-state index is 13.7. The first-order valence-corrected chi connectivity index (χ1v) is 10.1. The monoisotopic (exact) mass is 461 g/mol. The molecule has 2 aromatic heterocycles. The first-order chi connectivity index (χ1) is 15.5. The molecule has 4 rings (SSSR count). The molecule has 0 aliphatic rings. The summed E-state index contributed by atoms with van der Waals surface area (Å²) in [6.07, 6.45) is -5.55. The number of alkyl halides is 3. The van der Waals surface area contributed by atoms with E-state index in [0.717, 1.165) is 4.68 Å². The molecule has 0 aliphatic heterocycles. The number of hydrogen-bond acceptors (Lipinski definition) is 5. The molecular formula is C23H19F4N3O3. The van der Waals surface area contributed by atoms with E-state index in [1.54, 1.807) is 18.2 Å². The fraction of sp³-hybridized carbons (Fsp3) is 0.261. The van der Waals surface area contributed by atoms with Crippen LogP contribution in [-0.4, -0.2) is 26.3 Å². The zero-order chi connectivity index (χ0) is 24.0. The highest BCUT2D eigenvalue weighted by Crippen LogP contribution is 2.42. The van der Waals surface area contributed by atoms with Crippen molar-refractivity contribution in [2.24, 2.45) is 0 Å². The van der Waals surface area contributed by atoms with Crippen molar-refractivity contribution in [2.75, 3.05) is 0 Å². The van der Waals surface area contributed by atoms with Crippen molar-refractivity contribution in [1.29, 1.82) is 0 Å². The van der Waals surface area contributed by atoms with E-state index < -0.39 is 35.3 Å². The number of hydrogen-bond donors (Lipinski definition) is 1. The lowest BCUT2D eigenvalue weighted by atomic mass is 9.93. The fourth-order valence-electron chi connectivity index (χ4n) is 3.90. The van der Waals surface area contributed by atoms with Crippen LogP contribution in [0.5, 0.6) is 0 Å². The Bertz CT molecular complexity index is 1390. The van der Waals surface area contributed by atoms with Crippen molar-refractivity contribution in [2.45, 2.75) is 38.6 Å². The van der Waals surface area contributed by atoms with Gasteiger partial charge in [0.2, 0.25) is 5.60 Å². The van der Waals surface area contributed by atoms with E-state index in [-0.39, 0.29) is 17.8 Å². The molecule has 2 heterocycles. The lowest BCUT2D eigenvalue weighted by Crippen LogP contribution is -2.44. The highest BCUT2D eigenvalue weighted by Gasteiger charge is 2.56. The summed E-state index contributed by atoms with van der Waals surface area (Å²) in [4.78, 5) is 12.1. The Hall–Kier alpha value is -3.53. The summed E-state index contributed by atoms with van der Waals surface area (Å²) in [6, 6.07) is 11.7. The minimum atomic E-state index is -4.93. The lowest BCUT2D eigenvalue weighted by Gasteiger charge is -2.30. The minimum absolute atomic E-state index is 0.0441. The molecule has 1 unspecified atom stereocenters. The quantitative estimate of drug-likeness (QED) is 0.344. The summed E-state index contributed by atoms with van der Waals surface area (Å²) < 4.78 is 60.9. The van der Waals surface area contributed by atoms with Gasteiger partial charge in [-0.2, -0.15) is 13.2 Å². The van der Waals surface area contributed by atoms with Gasteiger partial charge in [0.15, 0.2) is 0 Å². The average Bonchev–Trinajstić information content (AvgIpc) is 3.11. The lowest BCUT2D eigenvalue weighted by molar-refractivity contribution is -0.270. The normalized spacial score (nSPS) is 13.9. The molecule has 33 heavy (non-hydrogen) atoms. The summed E-state index contributed by atoms with van der Waals surface area (Å²) in [5, 5.41) is 18.5. The van der Waals surface area contributed by atoms with Gasteiger partial charge in [-0.1, -0.05) is 36.4 Å². The zero-order valence-electron chi connectivity index (χ0n) is 17.7. The Morgan fingerprint density at radius 2 is 1.88 bits per heavy atom. The third kappa shape index (κ3) is 4.02. The highest BCUT2D eigenvalue weighted by atomic mass is 19.4. The second-order valence-electron chi connectivity index (χ2n) is 7.71. The number of nitrogens with zero attached hydrogens (tertiary/aromatic N) is 3. The number of aromatic nitrogens is 3. The largest absolute Gasteiger partial charge is 0.423 e. The zero-order valence-corrected chi connectivity index (χ0v) is 17.7. The SMILES string of the molecule is CCC(O)(c1c(C)nnn1Cc1ccc2c(-c3cccc(F)c3)cc(=O)oc2c1)C(F)(F)F. The van der Waals surface area contributed by atoms with Gasteiger partial charge in [-0.3, -0.25) is 0 Å². The van der Waals surface area contributed by atoms with E-state index in [1.165, 1.54) is 44.2 Å². The molecule has 4 aromatic rings. The van der Waals surface area contributed by atoms with Crippen LogP contribution in [0.2, 0.25) is 0 Å². The Labute approximate surface area is 185 Å². The maximum absolute atomic E-state index is 13.7. The van der Waals surface area contributed by atoms with Crippen molar-refractivity contribution in [3.8, 4) is 11.1 Å². The van der Waals surface area contributed by atoms with Crippen LogP contribution in [0.4, 0.5) is 17.6 Å². The van der Waals surface area contributed by atoms with Gasteiger partial charge in [0.25, 0.3) is 0 Å². The molecule has 0 radical (unpaired) electrons. The number of fused-ring (bicyclic) bond motifs is 1. The Balaban J connectivity index is 1.79. The molecule has 1 N–H and O–H groups in total. The van der Waals surface area contributed by atoms with Crippen molar-refractivity contribution < 1.29 is 27.1 Å². The molecule has 0 amide bonds. The molecule has 0 fully saturated rings. The molecule has 172 valence electrons. The molecule has 1 atom stereocenters. The second-order valence-corrected chi connectivity index (χ2v) is 7.71. The predicted octanol–water partition coefficient (Wildman–Crippen LogP) is 4.71. The van der Waals surface area contributed by atoms with E-state index in [2.05, 4.69) is 10.3 Å².